The minimum Gasteiger partial charge on any atom is -0.377 e. The van der Waals surface area contributed by atoms with Crippen LogP contribution in [0.25, 0.3) is 0 Å². The number of ether oxygens (including phenoxy) is 1. The third-order valence-electron chi connectivity index (χ3n) is 4.46. The van der Waals surface area contributed by atoms with Gasteiger partial charge in [-0.15, -0.1) is 0 Å². The van der Waals surface area contributed by atoms with Crippen LogP contribution in [0.4, 0.5) is 0 Å². The summed E-state index contributed by atoms with van der Waals surface area (Å²) in [5.41, 5.74) is 0.202. The molecule has 4 heteroatoms. The third kappa shape index (κ3) is 2.88. The highest BCUT2D eigenvalue weighted by Gasteiger charge is 2.58. The van der Waals surface area contributed by atoms with E-state index in [0.29, 0.717) is 18.1 Å². The first-order valence-corrected chi connectivity index (χ1v) is 7.77. The Morgan fingerprint density at radius 1 is 1.37 bits per heavy atom. The normalized spacial score (nSPS) is 33.3. The quantitative estimate of drug-likeness (QED) is 0.606. The van der Waals surface area contributed by atoms with Gasteiger partial charge < -0.3 is 15.4 Å². The molecule has 0 spiro atoms. The number of hydrogen-bond acceptors (Lipinski definition) is 2. The van der Waals surface area contributed by atoms with Crippen molar-refractivity contribution < 1.29 is 4.74 Å². The number of hydrogen-bond donors (Lipinski definition) is 2. The van der Waals surface area contributed by atoms with E-state index in [1.807, 2.05) is 0 Å². The Labute approximate surface area is 117 Å². The maximum Gasteiger partial charge on any atom is 0.191 e. The summed E-state index contributed by atoms with van der Waals surface area (Å²) < 4.78 is 5.94. The lowest BCUT2D eigenvalue weighted by Gasteiger charge is -2.60. The van der Waals surface area contributed by atoms with Gasteiger partial charge >= 0.3 is 0 Å². The molecular formula is C15H29N3O. The Hall–Kier alpha value is -0.770. The average molecular weight is 267 g/mol. The first-order chi connectivity index (χ1) is 9.11. The zero-order valence-electron chi connectivity index (χ0n) is 12.8. The van der Waals surface area contributed by atoms with Crippen LogP contribution in [0.3, 0.4) is 0 Å². The van der Waals surface area contributed by atoms with Crippen LogP contribution in [0, 0.1) is 11.3 Å². The maximum absolute atomic E-state index is 5.94. The fourth-order valence-electron chi connectivity index (χ4n) is 3.51. The molecule has 1 heterocycles. The highest BCUT2D eigenvalue weighted by Crippen LogP contribution is 2.51. The SMILES string of the molecule is CCCN=C(NCC)NC1C2CCCOC2C1(C)C. The molecule has 0 aromatic rings. The Morgan fingerprint density at radius 3 is 2.84 bits per heavy atom. The molecular weight excluding hydrogens is 238 g/mol. The van der Waals surface area contributed by atoms with Crippen molar-refractivity contribution >= 4 is 5.96 Å². The Balaban J connectivity index is 2.00. The standard InChI is InChI=1S/C15H29N3O/c1-5-9-17-14(16-6-2)18-12-11-8-7-10-19-13(11)15(12,3)4/h11-13H,5-10H2,1-4H3,(H2,16,17,18). The summed E-state index contributed by atoms with van der Waals surface area (Å²) in [5.74, 6) is 1.61. The van der Waals surface area contributed by atoms with Crippen LogP contribution in [0.1, 0.15) is 47.0 Å². The molecule has 1 aliphatic heterocycles. The number of fused-ring (bicyclic) bond motifs is 1. The fourth-order valence-corrected chi connectivity index (χ4v) is 3.51. The van der Waals surface area contributed by atoms with E-state index in [0.717, 1.165) is 32.1 Å². The van der Waals surface area contributed by atoms with Gasteiger partial charge in [0.1, 0.15) is 0 Å². The van der Waals surface area contributed by atoms with Crippen molar-refractivity contribution in [1.29, 1.82) is 0 Å². The summed E-state index contributed by atoms with van der Waals surface area (Å²) in [6, 6.07) is 0.479. The van der Waals surface area contributed by atoms with E-state index in [1.165, 1.54) is 12.8 Å². The van der Waals surface area contributed by atoms with E-state index >= 15 is 0 Å². The van der Waals surface area contributed by atoms with Crippen molar-refractivity contribution in [2.75, 3.05) is 19.7 Å². The summed E-state index contributed by atoms with van der Waals surface area (Å²) in [6.45, 7) is 11.6. The largest absolute Gasteiger partial charge is 0.377 e. The highest BCUT2D eigenvalue weighted by atomic mass is 16.5. The van der Waals surface area contributed by atoms with Gasteiger partial charge in [0.15, 0.2) is 5.96 Å². The van der Waals surface area contributed by atoms with Gasteiger partial charge in [0.05, 0.1) is 6.10 Å². The average Bonchev–Trinajstić information content (AvgIpc) is 2.41. The second-order valence-corrected chi connectivity index (χ2v) is 6.30. The fraction of sp³-hybridized carbons (Fsp3) is 0.933. The molecule has 110 valence electrons. The van der Waals surface area contributed by atoms with Gasteiger partial charge in [0, 0.05) is 37.1 Å². The minimum atomic E-state index is 0.202. The molecule has 19 heavy (non-hydrogen) atoms. The van der Waals surface area contributed by atoms with Crippen LogP contribution in [0.5, 0.6) is 0 Å². The molecule has 1 saturated heterocycles. The Bertz CT molecular complexity index is 327. The predicted octanol–water partition coefficient (Wildman–Crippen LogP) is 2.16. The molecule has 0 aromatic heterocycles. The molecule has 2 aliphatic rings. The molecule has 0 bridgehead atoms. The molecule has 0 aromatic carbocycles. The number of rotatable bonds is 4. The predicted molar refractivity (Wildman–Crippen MR) is 79.4 cm³/mol. The lowest BCUT2D eigenvalue weighted by Crippen LogP contribution is -2.71. The van der Waals surface area contributed by atoms with Crippen molar-refractivity contribution in [2.24, 2.45) is 16.3 Å². The van der Waals surface area contributed by atoms with Crippen LogP contribution in [0.2, 0.25) is 0 Å². The van der Waals surface area contributed by atoms with Gasteiger partial charge in [-0.05, 0) is 26.2 Å². The topological polar surface area (TPSA) is 45.7 Å². The molecule has 2 fully saturated rings. The van der Waals surface area contributed by atoms with Gasteiger partial charge in [-0.3, -0.25) is 4.99 Å². The van der Waals surface area contributed by atoms with E-state index in [9.17, 15) is 0 Å². The summed E-state index contributed by atoms with van der Waals surface area (Å²) in [4.78, 5) is 4.61. The molecule has 1 saturated carbocycles. The first-order valence-electron chi connectivity index (χ1n) is 7.77. The Kier molecular flexibility index (Phi) is 4.71. The van der Waals surface area contributed by atoms with E-state index in [2.05, 4.69) is 43.3 Å². The summed E-state index contributed by atoms with van der Waals surface area (Å²) in [5, 5.41) is 6.99. The highest BCUT2D eigenvalue weighted by molar-refractivity contribution is 5.80. The number of nitrogens with zero attached hydrogens (tertiary/aromatic N) is 1. The van der Waals surface area contributed by atoms with Gasteiger partial charge in [-0.25, -0.2) is 0 Å². The van der Waals surface area contributed by atoms with Crippen molar-refractivity contribution in [3.05, 3.63) is 0 Å². The van der Waals surface area contributed by atoms with E-state index in [1.54, 1.807) is 0 Å². The summed E-state index contributed by atoms with van der Waals surface area (Å²) >= 11 is 0. The van der Waals surface area contributed by atoms with Crippen molar-refractivity contribution in [3.8, 4) is 0 Å². The van der Waals surface area contributed by atoms with Crippen molar-refractivity contribution in [3.63, 3.8) is 0 Å². The van der Waals surface area contributed by atoms with Crippen LogP contribution in [-0.4, -0.2) is 37.8 Å². The third-order valence-corrected chi connectivity index (χ3v) is 4.46. The van der Waals surface area contributed by atoms with Crippen LogP contribution in [0.15, 0.2) is 4.99 Å². The van der Waals surface area contributed by atoms with E-state index in [-0.39, 0.29) is 5.41 Å². The van der Waals surface area contributed by atoms with E-state index in [4.69, 9.17) is 4.74 Å². The summed E-state index contributed by atoms with van der Waals surface area (Å²) in [7, 11) is 0. The van der Waals surface area contributed by atoms with Crippen LogP contribution in [-0.2, 0) is 4.74 Å². The zero-order chi connectivity index (χ0) is 13.9. The Morgan fingerprint density at radius 2 is 2.16 bits per heavy atom. The molecule has 3 atom stereocenters. The number of nitrogens with one attached hydrogen (secondary N) is 2. The molecule has 1 aliphatic carbocycles. The van der Waals surface area contributed by atoms with Gasteiger partial charge in [-0.2, -0.15) is 0 Å². The van der Waals surface area contributed by atoms with Crippen LogP contribution < -0.4 is 10.6 Å². The number of aliphatic imine (C=N–C) groups is 1. The van der Waals surface area contributed by atoms with Crippen molar-refractivity contribution in [1.82, 2.24) is 10.6 Å². The van der Waals surface area contributed by atoms with Gasteiger partial charge in [-0.1, -0.05) is 20.8 Å². The van der Waals surface area contributed by atoms with Gasteiger partial charge in [0.25, 0.3) is 0 Å². The van der Waals surface area contributed by atoms with E-state index < -0.39 is 0 Å². The molecule has 3 unspecified atom stereocenters. The summed E-state index contributed by atoms with van der Waals surface area (Å²) in [6.07, 6.45) is 3.98. The number of guanidine groups is 1. The molecule has 0 radical (unpaired) electrons. The zero-order valence-corrected chi connectivity index (χ0v) is 12.8. The smallest absolute Gasteiger partial charge is 0.191 e. The molecule has 4 nitrogen and oxygen atoms in total. The van der Waals surface area contributed by atoms with Crippen LogP contribution >= 0.6 is 0 Å². The van der Waals surface area contributed by atoms with Crippen molar-refractivity contribution in [2.45, 2.75) is 59.1 Å². The lowest BCUT2D eigenvalue weighted by atomic mass is 9.55. The molecule has 0 amide bonds. The molecule has 2 N–H and O–H groups in total. The first kappa shape index (κ1) is 14.6. The minimum absolute atomic E-state index is 0.202. The molecule has 2 rings (SSSR count). The monoisotopic (exact) mass is 267 g/mol. The van der Waals surface area contributed by atoms with Gasteiger partial charge in [0.2, 0.25) is 0 Å². The maximum atomic E-state index is 5.94. The second kappa shape index (κ2) is 6.12. The lowest BCUT2D eigenvalue weighted by molar-refractivity contribution is -0.188. The second-order valence-electron chi connectivity index (χ2n) is 6.30.